The number of benzene rings is 1. The summed E-state index contributed by atoms with van der Waals surface area (Å²) in [5.74, 6) is 1.64. The van der Waals surface area contributed by atoms with Crippen LogP contribution in [-0.2, 0) is 5.75 Å². The number of anilines is 1. The number of methoxy groups -OCH3 is 1. The molecule has 2 aromatic rings. The molecule has 3 nitrogen and oxygen atoms in total. The van der Waals surface area contributed by atoms with Gasteiger partial charge in [-0.3, -0.25) is 4.98 Å². The van der Waals surface area contributed by atoms with E-state index in [1.165, 1.54) is 0 Å². The summed E-state index contributed by atoms with van der Waals surface area (Å²) in [5.41, 5.74) is 9.49. The molecule has 0 amide bonds. The van der Waals surface area contributed by atoms with Crippen molar-refractivity contribution in [2.75, 3.05) is 12.8 Å². The van der Waals surface area contributed by atoms with Gasteiger partial charge < -0.3 is 10.5 Å². The van der Waals surface area contributed by atoms with Gasteiger partial charge >= 0.3 is 0 Å². The second kappa shape index (κ2) is 6.37. The molecule has 0 unspecified atom stereocenters. The van der Waals surface area contributed by atoms with Crippen LogP contribution in [0.15, 0.2) is 29.3 Å². The molecular formula is C15H17ClN2OS. The second-order valence-corrected chi connectivity index (χ2v) is 5.95. The van der Waals surface area contributed by atoms with Gasteiger partial charge in [-0.2, -0.15) is 0 Å². The highest BCUT2D eigenvalue weighted by Gasteiger charge is 2.10. The Morgan fingerprint density at radius 1 is 1.35 bits per heavy atom. The molecule has 0 aliphatic heterocycles. The van der Waals surface area contributed by atoms with Gasteiger partial charge in [0.05, 0.1) is 17.8 Å². The lowest BCUT2D eigenvalue weighted by Gasteiger charge is -2.12. The van der Waals surface area contributed by atoms with E-state index in [2.05, 4.69) is 4.98 Å². The van der Waals surface area contributed by atoms with Crippen LogP contribution >= 0.6 is 23.4 Å². The maximum absolute atomic E-state index is 6.17. The maximum atomic E-state index is 6.17. The van der Waals surface area contributed by atoms with Gasteiger partial charge in [0.1, 0.15) is 5.75 Å². The second-order valence-electron chi connectivity index (χ2n) is 4.52. The van der Waals surface area contributed by atoms with Crippen molar-refractivity contribution in [3.63, 3.8) is 0 Å². The topological polar surface area (TPSA) is 48.1 Å². The summed E-state index contributed by atoms with van der Waals surface area (Å²) in [6.45, 7) is 4.02. The number of nitrogens with zero attached hydrogens (tertiary/aromatic N) is 1. The Balaban J connectivity index is 2.19. The normalized spacial score (nSPS) is 10.6. The highest BCUT2D eigenvalue weighted by molar-refractivity contribution is 7.98. The summed E-state index contributed by atoms with van der Waals surface area (Å²) in [4.78, 5) is 5.48. The standard InChI is InChI=1S/C15H17ClN2OS/c1-9-7-18-13(10(2)15(9)19-3)8-20-14-5-4-11(17)6-12(14)16/h4-7H,8,17H2,1-3H3. The Morgan fingerprint density at radius 3 is 2.75 bits per heavy atom. The molecule has 0 saturated carbocycles. The lowest BCUT2D eigenvalue weighted by atomic mass is 10.1. The van der Waals surface area contributed by atoms with Gasteiger partial charge in [0.25, 0.3) is 0 Å². The van der Waals surface area contributed by atoms with Gasteiger partial charge in [-0.25, -0.2) is 0 Å². The van der Waals surface area contributed by atoms with Crippen LogP contribution in [0.1, 0.15) is 16.8 Å². The molecule has 0 fully saturated rings. The van der Waals surface area contributed by atoms with Gasteiger partial charge in [0.15, 0.2) is 0 Å². The number of nitrogens with two attached hydrogens (primary N) is 1. The van der Waals surface area contributed by atoms with Crippen molar-refractivity contribution in [1.29, 1.82) is 0 Å². The molecule has 2 rings (SSSR count). The average molecular weight is 309 g/mol. The highest BCUT2D eigenvalue weighted by atomic mass is 35.5. The SMILES string of the molecule is COc1c(C)cnc(CSc2ccc(N)cc2Cl)c1C. The average Bonchev–Trinajstić information content (AvgIpc) is 2.40. The molecule has 5 heteroatoms. The number of nitrogen functional groups attached to an aromatic ring is 1. The zero-order valence-corrected chi connectivity index (χ0v) is 13.3. The number of rotatable bonds is 4. The van der Waals surface area contributed by atoms with Gasteiger partial charge in [-0.15, -0.1) is 11.8 Å². The molecule has 20 heavy (non-hydrogen) atoms. The fourth-order valence-corrected chi connectivity index (χ4v) is 3.29. The third kappa shape index (κ3) is 3.19. The minimum Gasteiger partial charge on any atom is -0.496 e. The molecule has 1 aromatic heterocycles. The van der Waals surface area contributed by atoms with Crippen molar-refractivity contribution in [3.8, 4) is 5.75 Å². The minimum atomic E-state index is 0.672. The number of hydrogen-bond acceptors (Lipinski definition) is 4. The predicted molar refractivity (Wildman–Crippen MR) is 85.7 cm³/mol. The molecular weight excluding hydrogens is 292 g/mol. The van der Waals surface area contributed by atoms with Crippen LogP contribution in [0.5, 0.6) is 5.75 Å². The molecule has 0 atom stereocenters. The van der Waals surface area contributed by atoms with Crippen molar-refractivity contribution < 1.29 is 4.74 Å². The monoisotopic (exact) mass is 308 g/mol. The maximum Gasteiger partial charge on any atom is 0.128 e. The molecule has 0 bridgehead atoms. The third-order valence-corrected chi connectivity index (χ3v) is 4.58. The van der Waals surface area contributed by atoms with E-state index in [4.69, 9.17) is 22.1 Å². The summed E-state index contributed by atoms with van der Waals surface area (Å²) < 4.78 is 5.42. The van der Waals surface area contributed by atoms with Crippen LogP contribution in [0.2, 0.25) is 5.02 Å². The molecule has 0 aliphatic rings. The Hall–Kier alpha value is -1.39. The van der Waals surface area contributed by atoms with Crippen molar-refractivity contribution in [1.82, 2.24) is 4.98 Å². The molecule has 1 heterocycles. The Kier molecular flexibility index (Phi) is 4.78. The van der Waals surface area contributed by atoms with Gasteiger partial charge in [-0.05, 0) is 32.0 Å². The van der Waals surface area contributed by atoms with E-state index in [1.54, 1.807) is 24.9 Å². The number of aryl methyl sites for hydroxylation is 1. The van der Waals surface area contributed by atoms with E-state index in [-0.39, 0.29) is 0 Å². The molecule has 1 aromatic carbocycles. The lowest BCUT2D eigenvalue weighted by molar-refractivity contribution is 0.407. The summed E-state index contributed by atoms with van der Waals surface area (Å²) in [7, 11) is 1.68. The molecule has 0 saturated heterocycles. The highest BCUT2D eigenvalue weighted by Crippen LogP contribution is 2.33. The first kappa shape index (κ1) is 15.0. The first-order chi connectivity index (χ1) is 9.52. The van der Waals surface area contributed by atoms with E-state index in [0.29, 0.717) is 10.7 Å². The van der Waals surface area contributed by atoms with Crippen molar-refractivity contribution in [2.45, 2.75) is 24.5 Å². The molecule has 106 valence electrons. The van der Waals surface area contributed by atoms with Crippen LogP contribution in [0.3, 0.4) is 0 Å². The van der Waals surface area contributed by atoms with E-state index in [0.717, 1.165) is 33.2 Å². The number of halogens is 1. The molecule has 2 N–H and O–H groups in total. The molecule has 0 spiro atoms. The summed E-state index contributed by atoms with van der Waals surface area (Å²) in [5, 5.41) is 0.673. The van der Waals surface area contributed by atoms with Crippen LogP contribution in [0.4, 0.5) is 5.69 Å². The fourth-order valence-electron chi connectivity index (χ4n) is 2.00. The number of ether oxygens (including phenoxy) is 1. The minimum absolute atomic E-state index is 0.672. The van der Waals surface area contributed by atoms with Crippen molar-refractivity contribution in [3.05, 3.63) is 46.2 Å². The summed E-state index contributed by atoms with van der Waals surface area (Å²) in [6, 6.07) is 5.55. The van der Waals surface area contributed by atoms with E-state index in [1.807, 2.05) is 32.2 Å². The first-order valence-electron chi connectivity index (χ1n) is 6.19. The summed E-state index contributed by atoms with van der Waals surface area (Å²) in [6.07, 6.45) is 1.84. The van der Waals surface area contributed by atoms with Crippen LogP contribution in [0.25, 0.3) is 0 Å². The van der Waals surface area contributed by atoms with E-state index < -0.39 is 0 Å². The smallest absolute Gasteiger partial charge is 0.128 e. The van der Waals surface area contributed by atoms with E-state index in [9.17, 15) is 0 Å². The summed E-state index contributed by atoms with van der Waals surface area (Å²) >= 11 is 7.82. The van der Waals surface area contributed by atoms with Gasteiger partial charge in [0, 0.05) is 33.7 Å². The Labute approximate surface area is 128 Å². The van der Waals surface area contributed by atoms with Gasteiger partial charge in [-0.1, -0.05) is 11.6 Å². The lowest BCUT2D eigenvalue weighted by Crippen LogP contribution is -1.98. The number of hydrogen-bond donors (Lipinski definition) is 1. The van der Waals surface area contributed by atoms with Crippen LogP contribution < -0.4 is 10.5 Å². The zero-order chi connectivity index (χ0) is 14.7. The predicted octanol–water partition coefficient (Wildman–Crippen LogP) is 4.23. The van der Waals surface area contributed by atoms with Crippen molar-refractivity contribution in [2.24, 2.45) is 0 Å². The first-order valence-corrected chi connectivity index (χ1v) is 7.56. The molecule has 0 radical (unpaired) electrons. The van der Waals surface area contributed by atoms with Crippen molar-refractivity contribution >= 4 is 29.1 Å². The van der Waals surface area contributed by atoms with Crippen LogP contribution in [0, 0.1) is 13.8 Å². The Bertz CT molecular complexity index is 632. The largest absolute Gasteiger partial charge is 0.496 e. The Morgan fingerprint density at radius 2 is 2.10 bits per heavy atom. The number of pyridine rings is 1. The quantitative estimate of drug-likeness (QED) is 0.678. The molecule has 0 aliphatic carbocycles. The number of aromatic nitrogens is 1. The van der Waals surface area contributed by atoms with Gasteiger partial charge in [0.2, 0.25) is 0 Å². The van der Waals surface area contributed by atoms with E-state index >= 15 is 0 Å². The zero-order valence-electron chi connectivity index (χ0n) is 11.7. The third-order valence-electron chi connectivity index (χ3n) is 3.07. The number of thioether (sulfide) groups is 1. The fraction of sp³-hybridized carbons (Fsp3) is 0.267. The van der Waals surface area contributed by atoms with Crippen LogP contribution in [-0.4, -0.2) is 12.1 Å².